The fraction of sp³-hybridized carbons (Fsp3) is 0.300. The first kappa shape index (κ1) is 10.3. The fourth-order valence-corrected chi connectivity index (χ4v) is 0.921. The van der Waals surface area contributed by atoms with Crippen LogP contribution in [0.25, 0.3) is 0 Å². The maximum atomic E-state index is 13.1. The summed E-state index contributed by atoms with van der Waals surface area (Å²) >= 11 is 0. The van der Waals surface area contributed by atoms with E-state index in [9.17, 15) is 9.50 Å². The van der Waals surface area contributed by atoms with Gasteiger partial charge in [-0.05, 0) is 19.9 Å². The number of benzene rings is 1. The van der Waals surface area contributed by atoms with Crippen molar-refractivity contribution in [3.05, 3.63) is 23.5 Å². The van der Waals surface area contributed by atoms with E-state index in [0.717, 1.165) is 0 Å². The zero-order valence-corrected chi connectivity index (χ0v) is 7.84. The first-order valence-corrected chi connectivity index (χ1v) is 4.06. The predicted molar refractivity (Wildman–Crippen MR) is 47.4 cm³/mol. The van der Waals surface area contributed by atoms with Crippen LogP contribution >= 0.6 is 0 Å². The highest BCUT2D eigenvalue weighted by Gasteiger charge is 2.14. The van der Waals surface area contributed by atoms with Crippen LogP contribution in [0.15, 0.2) is 6.07 Å². The minimum absolute atomic E-state index is 0.00324. The standard InChI is InChI=1S/C10H9FNO2/c1-6(2)14-8-4-3-7(5-12)9(11)10(8)13/h4,6,13H,1-2H3. The van der Waals surface area contributed by atoms with Gasteiger partial charge in [-0.3, -0.25) is 0 Å². The molecule has 0 spiro atoms. The maximum absolute atomic E-state index is 13.1. The van der Waals surface area contributed by atoms with Gasteiger partial charge in [-0.2, -0.15) is 5.26 Å². The Balaban J connectivity index is 3.12. The smallest absolute Gasteiger partial charge is 0.195 e. The molecule has 0 bridgehead atoms. The molecule has 0 aromatic heterocycles. The number of halogens is 1. The van der Waals surface area contributed by atoms with Crippen LogP contribution in [0.1, 0.15) is 19.4 Å². The van der Waals surface area contributed by atoms with Crippen LogP contribution < -0.4 is 4.74 Å². The van der Waals surface area contributed by atoms with Gasteiger partial charge in [0.25, 0.3) is 0 Å². The van der Waals surface area contributed by atoms with Gasteiger partial charge in [-0.1, -0.05) is 0 Å². The maximum Gasteiger partial charge on any atom is 0.195 e. The lowest BCUT2D eigenvalue weighted by molar-refractivity contribution is 0.228. The Labute approximate surface area is 81.4 Å². The van der Waals surface area contributed by atoms with Gasteiger partial charge in [0.2, 0.25) is 0 Å². The highest BCUT2D eigenvalue weighted by molar-refractivity contribution is 5.46. The number of ether oxygens (including phenoxy) is 1. The largest absolute Gasteiger partial charge is 0.502 e. The second-order valence-corrected chi connectivity index (χ2v) is 2.97. The summed E-state index contributed by atoms with van der Waals surface area (Å²) in [5.74, 6) is -1.64. The molecule has 14 heavy (non-hydrogen) atoms. The van der Waals surface area contributed by atoms with E-state index in [0.29, 0.717) is 0 Å². The molecule has 0 unspecified atom stereocenters. The van der Waals surface area contributed by atoms with Crippen LogP contribution in [0.5, 0.6) is 11.5 Å². The van der Waals surface area contributed by atoms with E-state index in [1.807, 2.05) is 0 Å². The number of rotatable bonds is 2. The summed E-state index contributed by atoms with van der Waals surface area (Å²) in [6.45, 7) is 3.49. The lowest BCUT2D eigenvalue weighted by atomic mass is 10.2. The molecule has 0 atom stereocenters. The lowest BCUT2D eigenvalue weighted by Crippen LogP contribution is -2.06. The molecular weight excluding hydrogens is 185 g/mol. The van der Waals surface area contributed by atoms with Crippen molar-refractivity contribution < 1.29 is 14.2 Å². The molecule has 0 aliphatic heterocycles. The van der Waals surface area contributed by atoms with Crippen LogP contribution in [0, 0.1) is 23.2 Å². The molecule has 0 aliphatic carbocycles. The van der Waals surface area contributed by atoms with Crippen molar-refractivity contribution in [1.82, 2.24) is 0 Å². The van der Waals surface area contributed by atoms with Crippen molar-refractivity contribution in [1.29, 1.82) is 5.26 Å². The topological polar surface area (TPSA) is 53.2 Å². The van der Waals surface area contributed by atoms with Crippen molar-refractivity contribution in [3.8, 4) is 17.6 Å². The summed E-state index contributed by atoms with van der Waals surface area (Å²) in [5.41, 5.74) is -0.321. The molecule has 4 heteroatoms. The highest BCUT2D eigenvalue weighted by atomic mass is 19.1. The summed E-state index contributed by atoms with van der Waals surface area (Å²) in [6.07, 6.45) is -0.179. The van der Waals surface area contributed by atoms with Crippen molar-refractivity contribution in [2.75, 3.05) is 0 Å². The first-order chi connectivity index (χ1) is 6.56. The van der Waals surface area contributed by atoms with Gasteiger partial charge in [0, 0.05) is 6.07 Å². The minimum Gasteiger partial charge on any atom is -0.502 e. The Morgan fingerprint density at radius 2 is 2.29 bits per heavy atom. The number of phenols is 1. The first-order valence-electron chi connectivity index (χ1n) is 4.06. The molecule has 1 radical (unpaired) electrons. The molecule has 0 amide bonds. The molecule has 0 saturated carbocycles. The number of phenolic OH excluding ortho intramolecular Hbond substituents is 1. The molecule has 1 aromatic carbocycles. The van der Waals surface area contributed by atoms with Gasteiger partial charge in [0.1, 0.15) is 6.07 Å². The van der Waals surface area contributed by atoms with E-state index in [1.54, 1.807) is 19.9 Å². The third-order valence-corrected chi connectivity index (χ3v) is 1.48. The summed E-state index contributed by atoms with van der Waals surface area (Å²) in [7, 11) is 0. The van der Waals surface area contributed by atoms with Gasteiger partial charge in [0.15, 0.2) is 17.3 Å². The van der Waals surface area contributed by atoms with Crippen LogP contribution in [-0.4, -0.2) is 11.2 Å². The third-order valence-electron chi connectivity index (χ3n) is 1.48. The van der Waals surface area contributed by atoms with Crippen molar-refractivity contribution >= 4 is 0 Å². The summed E-state index contributed by atoms with van der Waals surface area (Å²) in [4.78, 5) is 0. The van der Waals surface area contributed by atoms with E-state index in [2.05, 4.69) is 6.07 Å². The second kappa shape index (κ2) is 3.97. The Hall–Kier alpha value is -1.76. The third kappa shape index (κ3) is 1.94. The zero-order valence-electron chi connectivity index (χ0n) is 7.84. The quantitative estimate of drug-likeness (QED) is 0.783. The molecule has 0 aliphatic rings. The highest BCUT2D eigenvalue weighted by Crippen LogP contribution is 2.31. The number of hydrogen-bond acceptors (Lipinski definition) is 3. The molecule has 1 rings (SSSR count). The number of nitriles is 1. The molecule has 73 valence electrons. The molecule has 3 nitrogen and oxygen atoms in total. The van der Waals surface area contributed by atoms with Gasteiger partial charge < -0.3 is 9.84 Å². The predicted octanol–water partition coefficient (Wildman–Crippen LogP) is 1.99. The lowest BCUT2D eigenvalue weighted by Gasteiger charge is -2.11. The van der Waals surface area contributed by atoms with E-state index < -0.39 is 11.6 Å². The van der Waals surface area contributed by atoms with Crippen LogP contribution in [0.4, 0.5) is 4.39 Å². The molecular formula is C10H9FNO2. The normalized spacial score (nSPS) is 9.93. The van der Waals surface area contributed by atoms with Gasteiger partial charge in [-0.15, -0.1) is 0 Å². The van der Waals surface area contributed by atoms with Crippen molar-refractivity contribution in [2.45, 2.75) is 20.0 Å². The molecule has 1 N–H and O–H groups in total. The summed E-state index contributed by atoms with van der Waals surface area (Å²) in [5, 5.41) is 17.7. The monoisotopic (exact) mass is 194 g/mol. The Kier molecular flexibility index (Phi) is 2.92. The Bertz CT molecular complexity index is 382. The molecule has 0 fully saturated rings. The van der Waals surface area contributed by atoms with Crippen LogP contribution in [0.3, 0.4) is 0 Å². The molecule has 0 saturated heterocycles. The zero-order chi connectivity index (χ0) is 10.7. The average molecular weight is 194 g/mol. The summed E-state index contributed by atoms with van der Waals surface area (Å²) in [6, 6.07) is 5.20. The Morgan fingerprint density at radius 3 is 2.79 bits per heavy atom. The van der Waals surface area contributed by atoms with E-state index in [-0.39, 0.29) is 17.4 Å². The van der Waals surface area contributed by atoms with Gasteiger partial charge >= 0.3 is 0 Å². The molecule has 0 heterocycles. The van der Waals surface area contributed by atoms with Gasteiger partial charge in [0.05, 0.1) is 11.7 Å². The average Bonchev–Trinajstić information content (AvgIpc) is 2.13. The van der Waals surface area contributed by atoms with Crippen LogP contribution in [-0.2, 0) is 0 Å². The number of hydrogen-bond donors (Lipinski definition) is 1. The van der Waals surface area contributed by atoms with Gasteiger partial charge in [-0.25, -0.2) is 4.39 Å². The van der Waals surface area contributed by atoms with Crippen LogP contribution in [0.2, 0.25) is 0 Å². The minimum atomic E-state index is -0.995. The van der Waals surface area contributed by atoms with E-state index >= 15 is 0 Å². The van der Waals surface area contributed by atoms with Crippen molar-refractivity contribution in [2.24, 2.45) is 0 Å². The van der Waals surface area contributed by atoms with E-state index in [4.69, 9.17) is 10.00 Å². The fourth-order valence-electron chi connectivity index (χ4n) is 0.921. The second-order valence-electron chi connectivity index (χ2n) is 2.97. The van der Waals surface area contributed by atoms with Crippen molar-refractivity contribution in [3.63, 3.8) is 0 Å². The summed E-state index contributed by atoms with van der Waals surface area (Å²) < 4.78 is 18.2. The SMILES string of the molecule is CC(C)Oc1c[c]c(C#N)c(F)c1O. The van der Waals surface area contributed by atoms with E-state index in [1.165, 1.54) is 6.07 Å². The molecule has 1 aromatic rings. The number of aromatic hydroxyl groups is 1. The Morgan fingerprint density at radius 1 is 1.64 bits per heavy atom. The number of nitrogens with zero attached hydrogens (tertiary/aromatic N) is 1.